The van der Waals surface area contributed by atoms with E-state index in [1.807, 2.05) is 0 Å². The second-order valence-electron chi connectivity index (χ2n) is 5.64. The number of para-hydroxylation sites is 1. The zero-order valence-corrected chi connectivity index (χ0v) is 12.7. The molecule has 1 aliphatic rings. The third kappa shape index (κ3) is 2.14. The summed E-state index contributed by atoms with van der Waals surface area (Å²) in [7, 11) is 0. The van der Waals surface area contributed by atoms with E-state index in [2.05, 4.69) is 68.2 Å². The van der Waals surface area contributed by atoms with Crippen molar-refractivity contribution in [2.45, 2.75) is 6.92 Å². The predicted molar refractivity (Wildman–Crippen MR) is 88.7 cm³/mol. The molecule has 3 aromatic rings. The minimum absolute atomic E-state index is 0.970. The average Bonchev–Trinajstić information content (AvgIpc) is 3.00. The number of hydrogen-bond acceptors (Lipinski definition) is 4. The molecule has 4 rings (SSSR count). The fourth-order valence-electron chi connectivity index (χ4n) is 3.09. The summed E-state index contributed by atoms with van der Waals surface area (Å²) in [6.07, 6.45) is 3.77. The zero-order chi connectivity index (χ0) is 14.9. The molecule has 0 atom stereocenters. The van der Waals surface area contributed by atoms with Gasteiger partial charge in [0.2, 0.25) is 0 Å². The van der Waals surface area contributed by atoms with Crippen molar-refractivity contribution in [2.24, 2.45) is 0 Å². The van der Waals surface area contributed by atoms with Crippen molar-refractivity contribution in [1.82, 2.24) is 19.9 Å². The van der Waals surface area contributed by atoms with Gasteiger partial charge in [-0.15, -0.1) is 0 Å². The zero-order valence-electron chi connectivity index (χ0n) is 12.7. The standard InChI is InChI=1S/C17H19N5/c1-13-4-2-3-5-15(13)22-9-6-14-16(19-12-20-17(14)22)21-10-7-18-8-11-21/h2-6,9,12,18H,7-8,10-11H2,1H3. The van der Waals surface area contributed by atoms with Gasteiger partial charge in [-0.25, -0.2) is 9.97 Å². The molecular weight excluding hydrogens is 274 g/mol. The fraction of sp³-hybridized carbons (Fsp3) is 0.294. The highest BCUT2D eigenvalue weighted by atomic mass is 15.2. The molecule has 1 aromatic carbocycles. The number of rotatable bonds is 2. The third-order valence-corrected chi connectivity index (χ3v) is 4.25. The maximum absolute atomic E-state index is 4.53. The monoisotopic (exact) mass is 293 g/mol. The van der Waals surface area contributed by atoms with Crippen LogP contribution >= 0.6 is 0 Å². The van der Waals surface area contributed by atoms with Crippen LogP contribution < -0.4 is 10.2 Å². The number of aromatic nitrogens is 3. The van der Waals surface area contributed by atoms with Gasteiger partial charge in [0.15, 0.2) is 0 Å². The van der Waals surface area contributed by atoms with Crippen LogP contribution in [0.5, 0.6) is 0 Å². The number of hydrogen-bond donors (Lipinski definition) is 1. The van der Waals surface area contributed by atoms with Crippen molar-refractivity contribution in [1.29, 1.82) is 0 Å². The molecule has 2 aromatic heterocycles. The van der Waals surface area contributed by atoms with Crippen molar-refractivity contribution < 1.29 is 0 Å². The molecule has 112 valence electrons. The Balaban J connectivity index is 1.85. The quantitative estimate of drug-likeness (QED) is 0.786. The van der Waals surface area contributed by atoms with E-state index >= 15 is 0 Å². The summed E-state index contributed by atoms with van der Waals surface area (Å²) in [4.78, 5) is 11.4. The molecule has 0 unspecified atom stereocenters. The smallest absolute Gasteiger partial charge is 0.150 e. The molecule has 5 heteroatoms. The Labute approximate surface area is 129 Å². The highest BCUT2D eigenvalue weighted by Crippen LogP contribution is 2.27. The van der Waals surface area contributed by atoms with Gasteiger partial charge in [0.1, 0.15) is 17.8 Å². The SMILES string of the molecule is Cc1ccccc1-n1ccc2c(N3CCNCC3)ncnc21. The molecule has 1 N–H and O–H groups in total. The van der Waals surface area contributed by atoms with E-state index in [1.54, 1.807) is 6.33 Å². The maximum atomic E-state index is 4.53. The maximum Gasteiger partial charge on any atom is 0.150 e. The molecule has 1 saturated heterocycles. The number of nitrogens with one attached hydrogen (secondary N) is 1. The summed E-state index contributed by atoms with van der Waals surface area (Å²) < 4.78 is 2.15. The predicted octanol–water partition coefficient (Wildman–Crippen LogP) is 2.14. The van der Waals surface area contributed by atoms with E-state index in [4.69, 9.17) is 0 Å². The molecule has 5 nitrogen and oxygen atoms in total. The largest absolute Gasteiger partial charge is 0.353 e. The van der Waals surface area contributed by atoms with E-state index in [-0.39, 0.29) is 0 Å². The number of nitrogens with zero attached hydrogens (tertiary/aromatic N) is 4. The van der Waals surface area contributed by atoms with Crippen molar-refractivity contribution in [3.05, 3.63) is 48.4 Å². The fourth-order valence-corrected chi connectivity index (χ4v) is 3.09. The van der Waals surface area contributed by atoms with Gasteiger partial charge in [0.05, 0.1) is 5.39 Å². The van der Waals surface area contributed by atoms with E-state index in [1.165, 1.54) is 11.3 Å². The van der Waals surface area contributed by atoms with Crippen LogP contribution in [0.2, 0.25) is 0 Å². The van der Waals surface area contributed by atoms with Crippen molar-refractivity contribution in [2.75, 3.05) is 31.1 Å². The first kappa shape index (κ1) is 13.3. The van der Waals surface area contributed by atoms with Crippen LogP contribution in [0.3, 0.4) is 0 Å². The lowest BCUT2D eigenvalue weighted by molar-refractivity contribution is 0.586. The number of benzene rings is 1. The van der Waals surface area contributed by atoms with Gasteiger partial charge in [0.25, 0.3) is 0 Å². The van der Waals surface area contributed by atoms with Gasteiger partial charge < -0.3 is 14.8 Å². The number of anilines is 1. The lowest BCUT2D eigenvalue weighted by Gasteiger charge is -2.28. The molecule has 0 spiro atoms. The van der Waals surface area contributed by atoms with Crippen LogP contribution in [0.15, 0.2) is 42.9 Å². The summed E-state index contributed by atoms with van der Waals surface area (Å²) >= 11 is 0. The first-order chi connectivity index (χ1) is 10.8. The second-order valence-corrected chi connectivity index (χ2v) is 5.64. The van der Waals surface area contributed by atoms with Gasteiger partial charge in [-0.3, -0.25) is 0 Å². The number of piperazine rings is 1. The van der Waals surface area contributed by atoms with Crippen molar-refractivity contribution in [3.63, 3.8) is 0 Å². The minimum atomic E-state index is 0.970. The molecule has 0 radical (unpaired) electrons. The lowest BCUT2D eigenvalue weighted by Crippen LogP contribution is -2.44. The van der Waals surface area contributed by atoms with Crippen molar-refractivity contribution in [3.8, 4) is 5.69 Å². The Kier molecular flexibility index (Phi) is 3.27. The Morgan fingerprint density at radius 1 is 1.05 bits per heavy atom. The molecule has 0 bridgehead atoms. The summed E-state index contributed by atoms with van der Waals surface area (Å²) in [5.41, 5.74) is 3.38. The van der Waals surface area contributed by atoms with Crippen LogP contribution in [0.4, 0.5) is 5.82 Å². The Hall–Kier alpha value is -2.40. The molecule has 0 aliphatic carbocycles. The summed E-state index contributed by atoms with van der Waals surface area (Å²) in [6.45, 7) is 6.11. The molecule has 1 aliphatic heterocycles. The minimum Gasteiger partial charge on any atom is -0.353 e. The Morgan fingerprint density at radius 3 is 2.68 bits per heavy atom. The van der Waals surface area contributed by atoms with E-state index in [0.29, 0.717) is 0 Å². The first-order valence-electron chi connectivity index (χ1n) is 7.68. The molecule has 0 saturated carbocycles. The molecule has 0 amide bonds. The molecule has 1 fully saturated rings. The van der Waals surface area contributed by atoms with Crippen LogP contribution in [-0.2, 0) is 0 Å². The normalized spacial score (nSPS) is 15.4. The Bertz CT molecular complexity index is 802. The average molecular weight is 293 g/mol. The van der Waals surface area contributed by atoms with E-state index in [0.717, 1.165) is 43.0 Å². The molecular formula is C17H19N5. The van der Waals surface area contributed by atoms with Crippen molar-refractivity contribution >= 4 is 16.9 Å². The molecule has 22 heavy (non-hydrogen) atoms. The van der Waals surface area contributed by atoms with Crippen LogP contribution in [-0.4, -0.2) is 40.7 Å². The Morgan fingerprint density at radius 2 is 1.86 bits per heavy atom. The topological polar surface area (TPSA) is 46.0 Å². The highest BCUT2D eigenvalue weighted by Gasteiger charge is 2.17. The van der Waals surface area contributed by atoms with Gasteiger partial charge in [-0.2, -0.15) is 0 Å². The first-order valence-corrected chi connectivity index (χ1v) is 7.68. The van der Waals surface area contributed by atoms with Crippen LogP contribution in [0.25, 0.3) is 16.7 Å². The van der Waals surface area contributed by atoms with Crippen LogP contribution in [0.1, 0.15) is 5.56 Å². The number of fused-ring (bicyclic) bond motifs is 1. The van der Waals surface area contributed by atoms with Gasteiger partial charge in [-0.05, 0) is 24.6 Å². The summed E-state index contributed by atoms with van der Waals surface area (Å²) in [5.74, 6) is 1.04. The van der Waals surface area contributed by atoms with E-state index in [9.17, 15) is 0 Å². The van der Waals surface area contributed by atoms with Gasteiger partial charge in [-0.1, -0.05) is 18.2 Å². The molecule has 3 heterocycles. The summed E-state index contributed by atoms with van der Waals surface area (Å²) in [6, 6.07) is 10.5. The number of aryl methyl sites for hydroxylation is 1. The highest BCUT2D eigenvalue weighted by molar-refractivity contribution is 5.89. The second kappa shape index (κ2) is 5.42. The third-order valence-electron chi connectivity index (χ3n) is 4.25. The summed E-state index contributed by atoms with van der Waals surface area (Å²) in [5, 5.41) is 4.50. The van der Waals surface area contributed by atoms with Crippen LogP contribution in [0, 0.1) is 6.92 Å². The lowest BCUT2D eigenvalue weighted by atomic mass is 10.2. The van der Waals surface area contributed by atoms with Gasteiger partial charge in [0, 0.05) is 38.1 Å². The van der Waals surface area contributed by atoms with Gasteiger partial charge >= 0.3 is 0 Å². The van der Waals surface area contributed by atoms with E-state index < -0.39 is 0 Å².